The molecule has 0 amide bonds. The third kappa shape index (κ3) is 4.13. The molecule has 2 rings (SSSR count). The summed E-state index contributed by atoms with van der Waals surface area (Å²) in [4.78, 5) is 14.8. The van der Waals surface area contributed by atoms with Crippen molar-refractivity contribution in [2.24, 2.45) is 5.92 Å². The summed E-state index contributed by atoms with van der Waals surface area (Å²) < 4.78 is 6.44. The summed E-state index contributed by atoms with van der Waals surface area (Å²) in [5.41, 5.74) is -0.290. The molecule has 0 aromatic carbocycles. The van der Waals surface area contributed by atoms with Crippen molar-refractivity contribution in [3.63, 3.8) is 0 Å². The lowest BCUT2D eigenvalue weighted by Crippen LogP contribution is -2.58. The molecule has 0 bridgehead atoms. The minimum Gasteiger partial charge on any atom is -0.407 e. The SMILES string of the molecule is C[C@H]1CC(c2ccncc2[N+](=O)[O-])=C[C@@H](O[Si](C)(C)C(C)(C)C)[C@@]1(O)CO. The number of hydrogen-bond acceptors (Lipinski definition) is 6. The van der Waals surface area contributed by atoms with Crippen molar-refractivity contribution < 1.29 is 19.6 Å². The molecule has 0 saturated heterocycles. The standard InChI is InChI=1S/C19H30N2O5Si/c1-13-9-14(15-7-8-20-11-16(15)21(24)25)10-17(19(13,23)12-22)26-27(5,6)18(2,3)4/h7-8,10-11,13,17,22-23H,9,12H2,1-6H3/t13-,17+,19+/m0/s1. The Labute approximate surface area is 161 Å². The molecule has 27 heavy (non-hydrogen) atoms. The van der Waals surface area contributed by atoms with E-state index >= 15 is 0 Å². The Morgan fingerprint density at radius 2 is 2.07 bits per heavy atom. The van der Waals surface area contributed by atoms with Crippen LogP contribution in [0.15, 0.2) is 24.5 Å². The number of aliphatic hydroxyl groups excluding tert-OH is 1. The predicted molar refractivity (Wildman–Crippen MR) is 107 cm³/mol. The van der Waals surface area contributed by atoms with Gasteiger partial charge in [-0.25, -0.2) is 0 Å². The third-order valence-electron chi connectivity index (χ3n) is 6.05. The second kappa shape index (κ2) is 7.42. The van der Waals surface area contributed by atoms with Crippen molar-refractivity contribution in [2.75, 3.05) is 6.61 Å². The van der Waals surface area contributed by atoms with Crippen molar-refractivity contribution in [3.05, 3.63) is 40.2 Å². The van der Waals surface area contributed by atoms with Gasteiger partial charge >= 0.3 is 0 Å². The van der Waals surface area contributed by atoms with Crippen LogP contribution in [0.4, 0.5) is 5.69 Å². The van der Waals surface area contributed by atoms with Gasteiger partial charge in [-0.1, -0.05) is 33.8 Å². The molecular formula is C19H30N2O5Si. The fourth-order valence-corrected chi connectivity index (χ4v) is 4.32. The minimum atomic E-state index is -2.25. The summed E-state index contributed by atoms with van der Waals surface area (Å²) in [5, 5.41) is 32.4. The van der Waals surface area contributed by atoms with Gasteiger partial charge in [0.25, 0.3) is 5.69 Å². The first kappa shape index (κ1) is 21.7. The van der Waals surface area contributed by atoms with Gasteiger partial charge in [0.15, 0.2) is 8.32 Å². The summed E-state index contributed by atoms with van der Waals surface area (Å²) in [5.74, 6) is -0.329. The second-order valence-electron chi connectivity index (χ2n) is 8.90. The zero-order valence-electron chi connectivity index (χ0n) is 16.9. The van der Waals surface area contributed by atoms with E-state index in [0.717, 1.165) is 5.57 Å². The molecule has 2 N–H and O–H groups in total. The molecule has 1 heterocycles. The third-order valence-corrected chi connectivity index (χ3v) is 10.5. The lowest BCUT2D eigenvalue weighted by Gasteiger charge is -2.47. The van der Waals surface area contributed by atoms with E-state index in [1.165, 1.54) is 12.4 Å². The van der Waals surface area contributed by atoms with Crippen LogP contribution in [0.1, 0.15) is 39.7 Å². The molecule has 0 radical (unpaired) electrons. The van der Waals surface area contributed by atoms with Crippen LogP contribution in [-0.2, 0) is 4.43 Å². The lowest BCUT2D eigenvalue weighted by molar-refractivity contribution is -0.385. The first-order valence-corrected chi connectivity index (χ1v) is 12.0. The summed E-state index contributed by atoms with van der Waals surface area (Å²) in [7, 11) is -2.25. The van der Waals surface area contributed by atoms with Gasteiger partial charge in [0.1, 0.15) is 11.8 Å². The normalized spacial score (nSPS) is 26.6. The maximum absolute atomic E-state index is 11.4. The van der Waals surface area contributed by atoms with Crippen LogP contribution in [0.5, 0.6) is 0 Å². The predicted octanol–water partition coefficient (Wildman–Crippen LogP) is 3.53. The number of nitro groups is 1. The van der Waals surface area contributed by atoms with Crippen LogP contribution >= 0.6 is 0 Å². The van der Waals surface area contributed by atoms with E-state index in [2.05, 4.69) is 38.8 Å². The molecule has 0 fully saturated rings. The number of aliphatic hydroxyl groups is 2. The van der Waals surface area contributed by atoms with Crippen molar-refractivity contribution in [3.8, 4) is 0 Å². The maximum atomic E-state index is 11.4. The highest BCUT2D eigenvalue weighted by Crippen LogP contribution is 2.44. The number of pyridine rings is 1. The molecule has 0 unspecified atom stereocenters. The molecule has 8 heteroatoms. The number of nitrogens with zero attached hydrogens (tertiary/aromatic N) is 2. The average Bonchev–Trinajstić information content (AvgIpc) is 2.57. The lowest BCUT2D eigenvalue weighted by atomic mass is 9.74. The minimum absolute atomic E-state index is 0.0727. The van der Waals surface area contributed by atoms with Crippen molar-refractivity contribution in [1.82, 2.24) is 4.98 Å². The average molecular weight is 395 g/mol. The largest absolute Gasteiger partial charge is 0.407 e. The number of rotatable bonds is 5. The van der Waals surface area contributed by atoms with E-state index in [0.29, 0.717) is 12.0 Å². The topological polar surface area (TPSA) is 106 Å². The van der Waals surface area contributed by atoms with Crippen LogP contribution in [0.25, 0.3) is 5.57 Å². The summed E-state index contributed by atoms with van der Waals surface area (Å²) in [6.07, 6.45) is 4.16. The van der Waals surface area contributed by atoms with Crippen LogP contribution in [0.2, 0.25) is 18.1 Å². The molecule has 1 aromatic heterocycles. The molecular weight excluding hydrogens is 364 g/mol. The monoisotopic (exact) mass is 394 g/mol. The Morgan fingerprint density at radius 1 is 1.44 bits per heavy atom. The first-order valence-electron chi connectivity index (χ1n) is 9.14. The Hall–Kier alpha value is -1.61. The van der Waals surface area contributed by atoms with Gasteiger partial charge in [0.05, 0.1) is 23.2 Å². The fraction of sp³-hybridized carbons (Fsp3) is 0.632. The highest BCUT2D eigenvalue weighted by Gasteiger charge is 2.49. The van der Waals surface area contributed by atoms with Gasteiger partial charge in [-0.3, -0.25) is 15.1 Å². The van der Waals surface area contributed by atoms with Crippen LogP contribution < -0.4 is 0 Å². The molecule has 0 spiro atoms. The first-order chi connectivity index (χ1) is 12.3. The zero-order chi connectivity index (χ0) is 20.6. The van der Waals surface area contributed by atoms with Crippen molar-refractivity contribution >= 4 is 19.6 Å². The number of hydrogen-bond donors (Lipinski definition) is 2. The van der Waals surface area contributed by atoms with E-state index in [4.69, 9.17) is 4.43 Å². The Balaban J connectivity index is 2.54. The molecule has 1 aliphatic rings. The quantitative estimate of drug-likeness (QED) is 0.450. The zero-order valence-corrected chi connectivity index (χ0v) is 17.9. The highest BCUT2D eigenvalue weighted by atomic mass is 28.4. The van der Waals surface area contributed by atoms with Crippen molar-refractivity contribution in [2.45, 2.75) is 64.0 Å². The molecule has 0 saturated carbocycles. The van der Waals surface area contributed by atoms with E-state index in [1.54, 1.807) is 12.1 Å². The second-order valence-corrected chi connectivity index (χ2v) is 13.7. The molecule has 150 valence electrons. The Kier molecular flexibility index (Phi) is 5.96. The van der Waals surface area contributed by atoms with Gasteiger partial charge in [-0.05, 0) is 42.1 Å². The number of aromatic nitrogens is 1. The van der Waals surface area contributed by atoms with Gasteiger partial charge in [-0.2, -0.15) is 0 Å². The summed E-state index contributed by atoms with van der Waals surface area (Å²) in [6, 6.07) is 1.61. The molecule has 1 aliphatic carbocycles. The molecule has 7 nitrogen and oxygen atoms in total. The van der Waals surface area contributed by atoms with Gasteiger partial charge in [0, 0.05) is 6.20 Å². The Bertz CT molecular complexity index is 744. The van der Waals surface area contributed by atoms with Crippen LogP contribution in [0, 0.1) is 16.0 Å². The van der Waals surface area contributed by atoms with Gasteiger partial charge in [-0.15, -0.1) is 0 Å². The van der Waals surface area contributed by atoms with Gasteiger partial charge < -0.3 is 14.6 Å². The van der Waals surface area contributed by atoms with Crippen LogP contribution in [-0.4, -0.2) is 46.7 Å². The van der Waals surface area contributed by atoms with E-state index in [1.807, 2.05) is 6.92 Å². The Morgan fingerprint density at radius 3 is 2.59 bits per heavy atom. The number of allylic oxidation sites excluding steroid dienone is 1. The summed E-state index contributed by atoms with van der Waals surface area (Å²) in [6.45, 7) is 11.8. The van der Waals surface area contributed by atoms with Crippen LogP contribution in [0.3, 0.4) is 0 Å². The highest BCUT2D eigenvalue weighted by molar-refractivity contribution is 6.74. The van der Waals surface area contributed by atoms with Crippen molar-refractivity contribution in [1.29, 1.82) is 0 Å². The smallest absolute Gasteiger partial charge is 0.294 e. The van der Waals surface area contributed by atoms with E-state index in [9.17, 15) is 20.3 Å². The molecule has 1 aromatic rings. The van der Waals surface area contributed by atoms with E-state index < -0.39 is 31.6 Å². The molecule has 0 aliphatic heterocycles. The van der Waals surface area contributed by atoms with Gasteiger partial charge in [0.2, 0.25) is 0 Å². The maximum Gasteiger partial charge on any atom is 0.294 e. The fourth-order valence-electron chi connectivity index (χ4n) is 3.06. The summed E-state index contributed by atoms with van der Waals surface area (Å²) >= 11 is 0. The van der Waals surface area contributed by atoms with E-state index in [-0.39, 0.29) is 16.6 Å². The molecule has 3 atom stereocenters.